The molecule has 0 spiro atoms. The first-order valence-electron chi connectivity index (χ1n) is 13.9. The van der Waals surface area contributed by atoms with E-state index >= 15 is 4.39 Å². The number of hydrogen-bond acceptors (Lipinski definition) is 7. The average Bonchev–Trinajstić information content (AvgIpc) is 3.81. The van der Waals surface area contributed by atoms with Crippen molar-refractivity contribution in [3.8, 4) is 5.75 Å². The number of nitrogens with one attached hydrogen (secondary N) is 1. The Morgan fingerprint density at radius 2 is 1.86 bits per heavy atom. The fourth-order valence-electron chi connectivity index (χ4n) is 5.23. The van der Waals surface area contributed by atoms with Gasteiger partial charge in [-0.15, -0.1) is 0 Å². The number of ether oxygens (including phenoxy) is 2. The standard InChI is InChI=1S/C29H31Cl2F3N4O5/c30-18-2-1-17(22(31)13-18)15-35-28(41)21-16-38(19-3-4-19)24-20(26(21)40)14-23(32)25(27(24)43-29(33)34)37-7-5-36(6-8-37)9-11-42-12-10-39/h1-2,13-14,16,19,29,39H,3-12,15H2,(H,35,41). The van der Waals surface area contributed by atoms with Crippen LogP contribution in [0.5, 0.6) is 5.75 Å². The van der Waals surface area contributed by atoms with Gasteiger partial charge in [0.25, 0.3) is 5.91 Å². The van der Waals surface area contributed by atoms with Crippen molar-refractivity contribution in [1.29, 1.82) is 0 Å². The molecule has 5 rings (SSSR count). The first-order valence-corrected chi connectivity index (χ1v) is 14.7. The number of amides is 1. The van der Waals surface area contributed by atoms with Gasteiger partial charge in [-0.05, 0) is 36.6 Å². The van der Waals surface area contributed by atoms with Crippen LogP contribution in [0.25, 0.3) is 10.9 Å². The third-order valence-electron chi connectivity index (χ3n) is 7.52. The maximum absolute atomic E-state index is 15.8. The van der Waals surface area contributed by atoms with Gasteiger partial charge in [0.15, 0.2) is 11.6 Å². The number of carbonyl (C=O) groups excluding carboxylic acids is 1. The number of piperazine rings is 1. The minimum atomic E-state index is -3.27. The maximum atomic E-state index is 15.8. The molecule has 1 aliphatic heterocycles. The second-order valence-electron chi connectivity index (χ2n) is 10.4. The summed E-state index contributed by atoms with van der Waals surface area (Å²) >= 11 is 12.1. The number of fused-ring (bicyclic) bond motifs is 1. The van der Waals surface area contributed by atoms with E-state index in [1.54, 1.807) is 21.6 Å². The minimum absolute atomic E-state index is 0.00230. The Morgan fingerprint density at radius 3 is 2.51 bits per heavy atom. The van der Waals surface area contributed by atoms with Crippen molar-refractivity contribution >= 4 is 45.7 Å². The van der Waals surface area contributed by atoms with Crippen molar-refractivity contribution in [1.82, 2.24) is 14.8 Å². The molecule has 2 aromatic carbocycles. The van der Waals surface area contributed by atoms with Gasteiger partial charge in [0.1, 0.15) is 11.3 Å². The zero-order chi connectivity index (χ0) is 30.7. The normalized spacial score (nSPS) is 15.8. The maximum Gasteiger partial charge on any atom is 0.387 e. The second-order valence-corrected chi connectivity index (χ2v) is 11.2. The lowest BCUT2D eigenvalue weighted by Gasteiger charge is -2.37. The van der Waals surface area contributed by atoms with Crippen LogP contribution in [0.1, 0.15) is 34.8 Å². The van der Waals surface area contributed by atoms with E-state index in [1.165, 1.54) is 12.3 Å². The molecule has 1 amide bonds. The van der Waals surface area contributed by atoms with Crippen molar-refractivity contribution in [2.45, 2.75) is 32.0 Å². The molecule has 0 unspecified atom stereocenters. The van der Waals surface area contributed by atoms with E-state index in [4.69, 9.17) is 37.8 Å². The van der Waals surface area contributed by atoms with Crippen molar-refractivity contribution in [2.75, 3.05) is 57.4 Å². The van der Waals surface area contributed by atoms with E-state index in [2.05, 4.69) is 10.2 Å². The molecule has 0 atom stereocenters. The summed E-state index contributed by atoms with van der Waals surface area (Å²) in [5.41, 5.74) is -0.599. The van der Waals surface area contributed by atoms with Gasteiger partial charge in [-0.2, -0.15) is 8.78 Å². The highest BCUT2D eigenvalue weighted by Crippen LogP contribution is 2.44. The molecule has 2 heterocycles. The number of aromatic nitrogens is 1. The average molecular weight is 643 g/mol. The molecule has 0 radical (unpaired) electrons. The van der Waals surface area contributed by atoms with E-state index in [-0.39, 0.29) is 48.0 Å². The second kappa shape index (κ2) is 13.7. The number of aliphatic hydroxyl groups excluding tert-OH is 1. The molecule has 1 aliphatic carbocycles. The molecule has 1 saturated carbocycles. The molecule has 14 heteroatoms. The largest absolute Gasteiger partial charge is 0.430 e. The van der Waals surface area contributed by atoms with Gasteiger partial charge in [-0.25, -0.2) is 4.39 Å². The number of benzene rings is 2. The molecular weight excluding hydrogens is 612 g/mol. The van der Waals surface area contributed by atoms with Gasteiger partial charge in [-0.1, -0.05) is 29.3 Å². The van der Waals surface area contributed by atoms with Gasteiger partial charge < -0.3 is 29.4 Å². The van der Waals surface area contributed by atoms with Gasteiger partial charge >= 0.3 is 6.61 Å². The number of rotatable bonds is 12. The Bertz CT molecular complexity index is 1550. The molecule has 2 aliphatic rings. The van der Waals surface area contributed by atoms with Gasteiger partial charge in [0.2, 0.25) is 5.43 Å². The summed E-state index contributed by atoms with van der Waals surface area (Å²) in [5.74, 6) is -2.03. The number of anilines is 1. The van der Waals surface area contributed by atoms with Crippen LogP contribution in [0, 0.1) is 5.82 Å². The summed E-state index contributed by atoms with van der Waals surface area (Å²) in [6, 6.07) is 5.62. The topological polar surface area (TPSA) is 96.3 Å². The lowest BCUT2D eigenvalue weighted by molar-refractivity contribution is -0.0488. The Labute approximate surface area is 255 Å². The summed E-state index contributed by atoms with van der Waals surface area (Å²) in [7, 11) is 0. The van der Waals surface area contributed by atoms with Crippen molar-refractivity contribution in [3.63, 3.8) is 0 Å². The summed E-state index contributed by atoms with van der Waals surface area (Å²) < 4.78 is 55.2. The van der Waals surface area contributed by atoms with Crippen molar-refractivity contribution < 1.29 is 32.5 Å². The fourth-order valence-corrected chi connectivity index (χ4v) is 5.71. The molecule has 43 heavy (non-hydrogen) atoms. The molecule has 3 aromatic rings. The van der Waals surface area contributed by atoms with Crippen LogP contribution in [-0.2, 0) is 11.3 Å². The molecule has 9 nitrogen and oxygen atoms in total. The predicted octanol–water partition coefficient (Wildman–Crippen LogP) is 4.44. The number of hydrogen-bond donors (Lipinski definition) is 2. The quantitative estimate of drug-likeness (QED) is 0.282. The molecule has 2 N–H and O–H groups in total. The third kappa shape index (κ3) is 7.21. The SMILES string of the molecule is O=C(NCc1ccc(Cl)cc1Cl)c1cn(C2CC2)c2c(OC(F)F)c(N3CCN(CCOCCO)CC3)c(F)cc2c1=O. The van der Waals surface area contributed by atoms with Crippen LogP contribution in [0.4, 0.5) is 18.9 Å². The van der Waals surface area contributed by atoms with Crippen LogP contribution in [0.15, 0.2) is 35.3 Å². The number of halogens is 5. The highest BCUT2D eigenvalue weighted by Gasteiger charge is 2.33. The van der Waals surface area contributed by atoms with Crippen LogP contribution in [-0.4, -0.2) is 79.6 Å². The molecule has 232 valence electrons. The number of aliphatic hydroxyl groups is 1. The number of carbonyl (C=O) groups is 1. The fraction of sp³-hybridized carbons (Fsp3) is 0.448. The summed E-state index contributed by atoms with van der Waals surface area (Å²) in [4.78, 5) is 30.5. The van der Waals surface area contributed by atoms with Crippen molar-refractivity contribution in [3.05, 3.63) is 67.7 Å². The molecule has 1 saturated heterocycles. The highest BCUT2D eigenvalue weighted by molar-refractivity contribution is 6.35. The molecule has 1 aromatic heterocycles. The third-order valence-corrected chi connectivity index (χ3v) is 8.11. The number of pyridine rings is 1. The van der Waals surface area contributed by atoms with Crippen LogP contribution < -0.4 is 20.4 Å². The lowest BCUT2D eigenvalue weighted by Crippen LogP contribution is -2.47. The van der Waals surface area contributed by atoms with Gasteiger partial charge in [0, 0.05) is 61.6 Å². The van der Waals surface area contributed by atoms with E-state index in [1.807, 2.05) is 0 Å². The van der Waals surface area contributed by atoms with Crippen LogP contribution >= 0.6 is 23.2 Å². The van der Waals surface area contributed by atoms with Gasteiger partial charge in [-0.3, -0.25) is 14.5 Å². The van der Waals surface area contributed by atoms with Crippen LogP contribution in [0.3, 0.4) is 0 Å². The van der Waals surface area contributed by atoms with E-state index in [0.29, 0.717) is 67.8 Å². The predicted molar refractivity (Wildman–Crippen MR) is 157 cm³/mol. The molecule has 0 bridgehead atoms. The van der Waals surface area contributed by atoms with Crippen LogP contribution in [0.2, 0.25) is 10.0 Å². The first-order chi connectivity index (χ1) is 20.7. The Balaban J connectivity index is 1.48. The van der Waals surface area contributed by atoms with E-state index in [0.717, 1.165) is 6.07 Å². The Kier molecular flexibility index (Phi) is 10.0. The zero-order valence-corrected chi connectivity index (χ0v) is 24.6. The smallest absolute Gasteiger partial charge is 0.387 e. The lowest BCUT2D eigenvalue weighted by atomic mass is 10.1. The van der Waals surface area contributed by atoms with Crippen molar-refractivity contribution in [2.24, 2.45) is 0 Å². The zero-order valence-electron chi connectivity index (χ0n) is 23.1. The number of alkyl halides is 2. The Morgan fingerprint density at radius 1 is 1.12 bits per heavy atom. The van der Waals surface area contributed by atoms with E-state index < -0.39 is 29.5 Å². The minimum Gasteiger partial charge on any atom is -0.430 e. The molecule has 2 fully saturated rings. The highest BCUT2D eigenvalue weighted by atomic mass is 35.5. The number of nitrogens with zero attached hydrogens (tertiary/aromatic N) is 3. The van der Waals surface area contributed by atoms with E-state index in [9.17, 15) is 18.4 Å². The first kappa shape index (κ1) is 31.4. The Hall–Kier alpha value is -3.03. The monoisotopic (exact) mass is 642 g/mol. The summed E-state index contributed by atoms with van der Waals surface area (Å²) in [5, 5.41) is 12.1. The summed E-state index contributed by atoms with van der Waals surface area (Å²) in [6.45, 7) is -0.414. The summed E-state index contributed by atoms with van der Waals surface area (Å²) in [6.07, 6.45) is 2.72. The molecular formula is C29H31Cl2F3N4O5. The van der Waals surface area contributed by atoms with Gasteiger partial charge in [0.05, 0.1) is 30.7 Å².